The molecule has 4 nitrogen and oxygen atoms in total. The molecule has 0 aromatic heterocycles. The summed E-state index contributed by atoms with van der Waals surface area (Å²) in [6.07, 6.45) is 17.4. The van der Waals surface area contributed by atoms with Crippen molar-refractivity contribution >= 4 is 5.97 Å². The molecule has 5 fully saturated rings. The average Bonchev–Trinajstić information content (AvgIpc) is 3.31. The third kappa shape index (κ3) is 4.17. The first kappa shape index (κ1) is 26.4. The Morgan fingerprint density at radius 1 is 1.08 bits per heavy atom. The summed E-state index contributed by atoms with van der Waals surface area (Å²) in [6.45, 7) is 13.0. The van der Waals surface area contributed by atoms with Gasteiger partial charge in [0.1, 0.15) is 6.10 Å². The zero-order chi connectivity index (χ0) is 26.0. The minimum atomic E-state index is -0.315. The number of fused-ring (bicyclic) bond motifs is 7. The van der Waals surface area contributed by atoms with Crippen LogP contribution in [-0.2, 0) is 19.0 Å². The summed E-state index contributed by atoms with van der Waals surface area (Å²) in [5.41, 5.74) is 2.25. The van der Waals surface area contributed by atoms with Gasteiger partial charge in [-0.3, -0.25) is 4.79 Å². The zero-order valence-corrected chi connectivity index (χ0v) is 24.2. The molecule has 37 heavy (non-hydrogen) atoms. The predicted molar refractivity (Wildman–Crippen MR) is 146 cm³/mol. The van der Waals surface area contributed by atoms with E-state index >= 15 is 0 Å². The Kier molecular flexibility index (Phi) is 6.87. The maximum atomic E-state index is 12.4. The van der Waals surface area contributed by atoms with Gasteiger partial charge in [0, 0.05) is 25.2 Å². The third-order valence-corrected chi connectivity index (χ3v) is 12.6. The van der Waals surface area contributed by atoms with Gasteiger partial charge in [0.25, 0.3) is 0 Å². The number of allylic oxidation sites excluding steroid dienone is 1. The Hall–Kier alpha value is -0.870. The van der Waals surface area contributed by atoms with Crippen LogP contribution in [0.25, 0.3) is 0 Å². The molecule has 4 aliphatic carbocycles. The normalized spacial score (nSPS) is 50.6. The molecule has 0 unspecified atom stereocenters. The first-order chi connectivity index (χ1) is 17.7. The molecule has 0 amide bonds. The minimum Gasteiger partial charge on any atom is -0.462 e. The lowest BCUT2D eigenvalue weighted by Crippen LogP contribution is -2.52. The molecule has 208 valence electrons. The van der Waals surface area contributed by atoms with E-state index in [4.69, 9.17) is 14.2 Å². The number of hydrogen-bond donors (Lipinski definition) is 0. The molecule has 0 aromatic rings. The lowest BCUT2D eigenvalue weighted by atomic mass is 9.47. The van der Waals surface area contributed by atoms with Gasteiger partial charge in [-0.2, -0.15) is 0 Å². The Morgan fingerprint density at radius 2 is 1.92 bits per heavy atom. The van der Waals surface area contributed by atoms with Gasteiger partial charge in [-0.05, 0) is 91.8 Å². The van der Waals surface area contributed by atoms with Crippen LogP contribution in [0.5, 0.6) is 0 Å². The van der Waals surface area contributed by atoms with Crippen LogP contribution < -0.4 is 0 Å². The lowest BCUT2D eigenvalue weighted by Gasteiger charge is -2.58. The smallest absolute Gasteiger partial charge is 0.306 e. The largest absolute Gasteiger partial charge is 0.462 e. The Labute approximate surface area is 225 Å². The van der Waals surface area contributed by atoms with Crippen molar-refractivity contribution in [1.29, 1.82) is 0 Å². The quantitative estimate of drug-likeness (QED) is 0.214. The van der Waals surface area contributed by atoms with Crippen molar-refractivity contribution in [3.05, 3.63) is 11.6 Å². The summed E-state index contributed by atoms with van der Waals surface area (Å²) in [7, 11) is 0. The third-order valence-electron chi connectivity index (χ3n) is 12.6. The summed E-state index contributed by atoms with van der Waals surface area (Å²) in [4.78, 5) is 12.4. The van der Waals surface area contributed by atoms with Crippen molar-refractivity contribution in [3.8, 4) is 0 Å². The lowest BCUT2D eigenvalue weighted by molar-refractivity contribution is -0.272. The maximum absolute atomic E-state index is 12.4. The molecule has 6 aliphatic rings. The van der Waals surface area contributed by atoms with Crippen LogP contribution in [0.1, 0.15) is 118 Å². The Balaban J connectivity index is 1.15. The molecule has 2 heterocycles. The summed E-state index contributed by atoms with van der Waals surface area (Å²) in [5, 5.41) is 0. The van der Waals surface area contributed by atoms with Crippen LogP contribution in [0.15, 0.2) is 11.6 Å². The number of hydrogen-bond acceptors (Lipinski definition) is 4. The predicted octanol–water partition coefficient (Wildman–Crippen LogP) is 7.85. The molecule has 1 spiro atoms. The van der Waals surface area contributed by atoms with E-state index in [1.807, 2.05) is 0 Å². The second kappa shape index (κ2) is 9.65. The molecule has 0 N–H and O–H groups in total. The van der Waals surface area contributed by atoms with Gasteiger partial charge < -0.3 is 14.2 Å². The highest BCUT2D eigenvalue weighted by molar-refractivity contribution is 5.69. The van der Waals surface area contributed by atoms with Gasteiger partial charge in [0.05, 0.1) is 12.7 Å². The number of esters is 1. The SMILES string of the molecule is CCCCCC(=O)O[C@H]1CC[C@@]2(C)C(=CC[C@@H]3[C@H]4C[C@H]5O[C@]6(CC[C@@H](C)CO6)[C@H](C)[C@H]5[C@@]4(C)CC[C@H]32)C1. The highest BCUT2D eigenvalue weighted by Crippen LogP contribution is 2.70. The molecular formula is C33H52O4. The van der Waals surface area contributed by atoms with Crippen molar-refractivity contribution in [2.24, 2.45) is 46.3 Å². The highest BCUT2D eigenvalue weighted by Gasteiger charge is 2.68. The highest BCUT2D eigenvalue weighted by atomic mass is 16.7. The summed E-state index contributed by atoms with van der Waals surface area (Å²) >= 11 is 0. The van der Waals surface area contributed by atoms with Gasteiger partial charge in [0.15, 0.2) is 5.79 Å². The van der Waals surface area contributed by atoms with Crippen molar-refractivity contribution in [1.82, 2.24) is 0 Å². The number of carbonyl (C=O) groups is 1. The van der Waals surface area contributed by atoms with Crippen molar-refractivity contribution in [2.45, 2.75) is 136 Å². The van der Waals surface area contributed by atoms with E-state index in [0.717, 1.165) is 62.9 Å². The molecule has 0 aromatic carbocycles. The van der Waals surface area contributed by atoms with Gasteiger partial charge >= 0.3 is 5.97 Å². The van der Waals surface area contributed by atoms with Crippen LogP contribution in [-0.4, -0.2) is 30.6 Å². The Morgan fingerprint density at radius 3 is 2.68 bits per heavy atom. The van der Waals surface area contributed by atoms with Crippen LogP contribution in [0, 0.1) is 46.3 Å². The first-order valence-electron chi connectivity index (χ1n) is 15.9. The van der Waals surface area contributed by atoms with E-state index < -0.39 is 0 Å². The molecule has 4 heteroatoms. The summed E-state index contributed by atoms with van der Waals surface area (Å²) < 4.78 is 19.4. The van der Waals surface area contributed by atoms with Gasteiger partial charge in [-0.15, -0.1) is 0 Å². The second-order valence-corrected chi connectivity index (χ2v) is 14.6. The average molecular weight is 513 g/mol. The molecule has 11 atom stereocenters. The molecule has 6 rings (SSSR count). The van der Waals surface area contributed by atoms with Crippen LogP contribution in [0.4, 0.5) is 0 Å². The molecule has 3 saturated carbocycles. The van der Waals surface area contributed by atoms with E-state index in [9.17, 15) is 4.79 Å². The van der Waals surface area contributed by atoms with Crippen molar-refractivity contribution in [2.75, 3.05) is 6.61 Å². The summed E-state index contributed by atoms with van der Waals surface area (Å²) in [5.74, 6) is 3.77. The van der Waals surface area contributed by atoms with Crippen LogP contribution in [0.3, 0.4) is 0 Å². The molecular weight excluding hydrogens is 460 g/mol. The zero-order valence-electron chi connectivity index (χ0n) is 24.2. The topological polar surface area (TPSA) is 44.8 Å². The minimum absolute atomic E-state index is 0.0190. The van der Waals surface area contributed by atoms with Gasteiger partial charge in [0.2, 0.25) is 0 Å². The monoisotopic (exact) mass is 512 g/mol. The fraction of sp³-hybridized carbons (Fsp3) is 0.909. The fourth-order valence-corrected chi connectivity index (χ4v) is 10.5. The van der Waals surface area contributed by atoms with Gasteiger partial charge in [-0.1, -0.05) is 59.1 Å². The van der Waals surface area contributed by atoms with Gasteiger partial charge in [-0.25, -0.2) is 0 Å². The number of unbranched alkanes of at least 4 members (excludes halogenated alkanes) is 2. The Bertz CT molecular complexity index is 902. The molecule has 0 bridgehead atoms. The van der Waals surface area contributed by atoms with E-state index in [1.165, 1.54) is 38.5 Å². The standard InChI is InChI=1S/C33H52O4/c1-6-7-8-9-29(34)36-24-13-15-31(4)23(18-24)10-11-25-26(31)14-16-32(5)27(25)19-28-30(32)22(3)33(37-28)17-12-21(2)20-35-33/h10,21-22,24-28,30H,6-9,11-20H2,1-5H3/t21-,22-,24+,25+,26-,27-,28-,30-,31+,32+,33-/m1/s1. The van der Waals surface area contributed by atoms with E-state index in [0.29, 0.717) is 35.7 Å². The van der Waals surface area contributed by atoms with Crippen molar-refractivity contribution in [3.63, 3.8) is 0 Å². The van der Waals surface area contributed by atoms with E-state index in [2.05, 4.69) is 40.7 Å². The fourth-order valence-electron chi connectivity index (χ4n) is 10.5. The molecule has 0 radical (unpaired) electrons. The van der Waals surface area contributed by atoms with E-state index in [-0.39, 0.29) is 23.3 Å². The number of rotatable bonds is 5. The molecule has 2 saturated heterocycles. The van der Waals surface area contributed by atoms with Crippen molar-refractivity contribution < 1.29 is 19.0 Å². The second-order valence-electron chi connectivity index (χ2n) is 14.6. The van der Waals surface area contributed by atoms with E-state index in [1.54, 1.807) is 5.57 Å². The molecule has 2 aliphatic heterocycles. The maximum Gasteiger partial charge on any atom is 0.306 e. The van der Waals surface area contributed by atoms with Crippen LogP contribution >= 0.6 is 0 Å². The summed E-state index contributed by atoms with van der Waals surface area (Å²) in [6, 6.07) is 0. The number of carbonyl (C=O) groups excluding carboxylic acids is 1. The number of ether oxygens (including phenoxy) is 3. The van der Waals surface area contributed by atoms with Crippen LogP contribution in [0.2, 0.25) is 0 Å². The first-order valence-corrected chi connectivity index (χ1v) is 15.9.